The van der Waals surface area contributed by atoms with Crippen molar-refractivity contribution in [2.75, 3.05) is 13.2 Å². The third-order valence-electron chi connectivity index (χ3n) is 2.65. The van der Waals surface area contributed by atoms with Crippen LogP contribution < -0.4 is 0 Å². The maximum atomic E-state index is 10.0. The Bertz CT molecular complexity index is 136. The second-order valence-corrected chi connectivity index (χ2v) is 4.04. The van der Waals surface area contributed by atoms with Crippen LogP contribution in [0.3, 0.4) is 0 Å². The van der Waals surface area contributed by atoms with Crippen LogP contribution in [-0.4, -0.2) is 34.1 Å². The quantitative estimate of drug-likeness (QED) is 0.580. The predicted octanol–water partition coefficient (Wildman–Crippen LogP) is 0.774. The summed E-state index contributed by atoms with van der Waals surface area (Å²) in [5.74, 6) is -0.0638. The molecule has 3 nitrogen and oxygen atoms in total. The van der Waals surface area contributed by atoms with E-state index in [0.717, 1.165) is 6.42 Å². The van der Waals surface area contributed by atoms with Crippen LogP contribution >= 0.6 is 0 Å². The zero-order valence-electron chi connectivity index (χ0n) is 8.82. The number of aliphatic hydroxyl groups excluding tert-OH is 2. The zero-order chi connectivity index (χ0) is 10.5. The van der Waals surface area contributed by atoms with Crippen molar-refractivity contribution in [1.29, 1.82) is 0 Å². The molecule has 3 N–H and O–H groups in total. The van der Waals surface area contributed by atoms with Crippen molar-refractivity contribution in [2.45, 2.75) is 39.2 Å². The second-order valence-electron chi connectivity index (χ2n) is 4.04. The average molecular weight is 190 g/mol. The van der Waals surface area contributed by atoms with Gasteiger partial charge >= 0.3 is 0 Å². The van der Waals surface area contributed by atoms with Gasteiger partial charge < -0.3 is 15.3 Å². The first-order valence-corrected chi connectivity index (χ1v) is 4.96. The van der Waals surface area contributed by atoms with E-state index in [0.29, 0.717) is 6.42 Å². The van der Waals surface area contributed by atoms with Crippen molar-refractivity contribution >= 4 is 0 Å². The molecule has 0 aliphatic carbocycles. The van der Waals surface area contributed by atoms with Crippen LogP contribution in [0.1, 0.15) is 33.6 Å². The molecular weight excluding hydrogens is 168 g/mol. The summed E-state index contributed by atoms with van der Waals surface area (Å²) < 4.78 is 0. The molecule has 80 valence electrons. The third-order valence-corrected chi connectivity index (χ3v) is 2.65. The normalized spacial score (nSPS) is 18.7. The van der Waals surface area contributed by atoms with Gasteiger partial charge in [0.15, 0.2) is 0 Å². The summed E-state index contributed by atoms with van der Waals surface area (Å²) in [5.41, 5.74) is -1.11. The Labute approximate surface area is 80.4 Å². The summed E-state index contributed by atoms with van der Waals surface area (Å²) in [6.07, 6.45) is 1.34. The van der Waals surface area contributed by atoms with Crippen molar-refractivity contribution in [3.8, 4) is 0 Å². The van der Waals surface area contributed by atoms with E-state index in [9.17, 15) is 5.11 Å². The van der Waals surface area contributed by atoms with Crippen LogP contribution in [0.4, 0.5) is 0 Å². The minimum absolute atomic E-state index is 0.0747. The van der Waals surface area contributed by atoms with Gasteiger partial charge in [-0.05, 0) is 12.3 Å². The molecule has 0 aromatic carbocycles. The second kappa shape index (κ2) is 5.58. The molecule has 0 aliphatic heterocycles. The molecule has 0 amide bonds. The van der Waals surface area contributed by atoms with Gasteiger partial charge in [-0.2, -0.15) is 0 Å². The van der Waals surface area contributed by atoms with Gasteiger partial charge in [0, 0.05) is 12.5 Å². The molecule has 0 aromatic rings. The minimum Gasteiger partial charge on any atom is -0.396 e. The first-order chi connectivity index (χ1) is 6.01. The van der Waals surface area contributed by atoms with E-state index in [2.05, 4.69) is 0 Å². The van der Waals surface area contributed by atoms with Gasteiger partial charge in [0.1, 0.15) is 0 Å². The van der Waals surface area contributed by atoms with Gasteiger partial charge in [-0.1, -0.05) is 27.2 Å². The molecule has 0 aliphatic rings. The summed E-state index contributed by atoms with van der Waals surface area (Å²) in [6.45, 7) is 5.49. The lowest BCUT2D eigenvalue weighted by molar-refractivity contribution is -0.0974. The summed E-state index contributed by atoms with van der Waals surface area (Å²) in [4.78, 5) is 0. The van der Waals surface area contributed by atoms with Crippen LogP contribution in [0, 0.1) is 11.8 Å². The minimum atomic E-state index is -1.11. The van der Waals surface area contributed by atoms with Gasteiger partial charge in [-0.15, -0.1) is 0 Å². The largest absolute Gasteiger partial charge is 0.396 e. The first-order valence-electron chi connectivity index (χ1n) is 4.96. The van der Waals surface area contributed by atoms with E-state index in [1.54, 1.807) is 0 Å². The van der Waals surface area contributed by atoms with Crippen molar-refractivity contribution in [3.05, 3.63) is 0 Å². The molecule has 0 aromatic heterocycles. The highest BCUT2D eigenvalue weighted by molar-refractivity contribution is 4.86. The lowest BCUT2D eigenvalue weighted by Gasteiger charge is -2.36. The first kappa shape index (κ1) is 12.9. The van der Waals surface area contributed by atoms with Gasteiger partial charge in [0.05, 0.1) is 12.2 Å². The molecule has 0 saturated heterocycles. The molecule has 0 heterocycles. The summed E-state index contributed by atoms with van der Waals surface area (Å²) in [5, 5.41) is 28.3. The zero-order valence-corrected chi connectivity index (χ0v) is 8.82. The van der Waals surface area contributed by atoms with Gasteiger partial charge in [0.25, 0.3) is 0 Å². The molecule has 0 rings (SSSR count). The highest BCUT2D eigenvalue weighted by Gasteiger charge is 2.36. The van der Waals surface area contributed by atoms with E-state index < -0.39 is 5.60 Å². The fourth-order valence-electron chi connectivity index (χ4n) is 1.82. The Morgan fingerprint density at radius 3 is 2.00 bits per heavy atom. The number of aliphatic hydroxyl groups is 3. The van der Waals surface area contributed by atoms with Crippen LogP contribution in [0.2, 0.25) is 0 Å². The smallest absolute Gasteiger partial charge is 0.0929 e. The summed E-state index contributed by atoms with van der Waals surface area (Å²) in [6, 6.07) is 0. The maximum absolute atomic E-state index is 10.0. The number of hydrogen-bond acceptors (Lipinski definition) is 3. The molecule has 3 heteroatoms. The number of hydrogen-bond donors (Lipinski definition) is 3. The third kappa shape index (κ3) is 3.25. The van der Waals surface area contributed by atoms with Gasteiger partial charge in [0.2, 0.25) is 0 Å². The van der Waals surface area contributed by atoms with E-state index in [-0.39, 0.29) is 25.0 Å². The molecule has 0 radical (unpaired) electrons. The Kier molecular flexibility index (Phi) is 5.53. The molecule has 2 unspecified atom stereocenters. The van der Waals surface area contributed by atoms with Crippen molar-refractivity contribution in [3.63, 3.8) is 0 Å². The highest BCUT2D eigenvalue weighted by Crippen LogP contribution is 2.28. The monoisotopic (exact) mass is 190 g/mol. The number of rotatable bonds is 6. The lowest BCUT2D eigenvalue weighted by atomic mass is 9.78. The molecule has 0 saturated carbocycles. The Morgan fingerprint density at radius 2 is 1.77 bits per heavy atom. The molecule has 0 fully saturated rings. The Balaban J connectivity index is 4.48. The van der Waals surface area contributed by atoms with Crippen molar-refractivity contribution < 1.29 is 15.3 Å². The van der Waals surface area contributed by atoms with Crippen LogP contribution in [0.5, 0.6) is 0 Å². The summed E-state index contributed by atoms with van der Waals surface area (Å²) in [7, 11) is 0. The Hall–Kier alpha value is -0.120. The van der Waals surface area contributed by atoms with Crippen molar-refractivity contribution in [1.82, 2.24) is 0 Å². The Morgan fingerprint density at radius 1 is 1.23 bits per heavy atom. The van der Waals surface area contributed by atoms with E-state index in [1.165, 1.54) is 0 Å². The standard InChI is InChI=1S/C10H22O3/c1-4-5-10(13,7-12)9(6-11)8(2)3/h8-9,11-13H,4-7H2,1-3H3. The highest BCUT2D eigenvalue weighted by atomic mass is 16.3. The fraction of sp³-hybridized carbons (Fsp3) is 1.00. The maximum Gasteiger partial charge on any atom is 0.0929 e. The van der Waals surface area contributed by atoms with E-state index >= 15 is 0 Å². The molecular formula is C10H22O3. The van der Waals surface area contributed by atoms with E-state index in [1.807, 2.05) is 20.8 Å². The average Bonchev–Trinajstić information content (AvgIpc) is 2.05. The molecule has 0 spiro atoms. The lowest BCUT2D eigenvalue weighted by Crippen LogP contribution is -2.45. The molecule has 0 bridgehead atoms. The van der Waals surface area contributed by atoms with Crippen LogP contribution in [-0.2, 0) is 0 Å². The predicted molar refractivity (Wildman–Crippen MR) is 52.4 cm³/mol. The molecule has 13 heavy (non-hydrogen) atoms. The molecule has 2 atom stereocenters. The topological polar surface area (TPSA) is 60.7 Å². The van der Waals surface area contributed by atoms with Crippen LogP contribution in [0.25, 0.3) is 0 Å². The SMILES string of the molecule is CCCC(O)(CO)C(CO)C(C)C. The summed E-state index contributed by atoms with van der Waals surface area (Å²) >= 11 is 0. The van der Waals surface area contributed by atoms with Crippen molar-refractivity contribution in [2.24, 2.45) is 11.8 Å². The van der Waals surface area contributed by atoms with Gasteiger partial charge in [-0.25, -0.2) is 0 Å². The van der Waals surface area contributed by atoms with Crippen LogP contribution in [0.15, 0.2) is 0 Å². The van der Waals surface area contributed by atoms with E-state index in [4.69, 9.17) is 10.2 Å². The fourth-order valence-corrected chi connectivity index (χ4v) is 1.82. The van der Waals surface area contributed by atoms with Gasteiger partial charge in [-0.3, -0.25) is 0 Å².